The van der Waals surface area contributed by atoms with E-state index in [1.807, 2.05) is 51.2 Å². The lowest BCUT2D eigenvalue weighted by molar-refractivity contribution is 0.523. The van der Waals surface area contributed by atoms with E-state index in [0.29, 0.717) is 10.2 Å². The molecule has 0 unspecified atom stereocenters. The van der Waals surface area contributed by atoms with Gasteiger partial charge in [0.2, 0.25) is 10.1 Å². The molecule has 134 valence electrons. The van der Waals surface area contributed by atoms with Crippen molar-refractivity contribution in [3.05, 3.63) is 41.3 Å². The Morgan fingerprint density at radius 2 is 1.88 bits per heavy atom. The summed E-state index contributed by atoms with van der Waals surface area (Å²) in [5.41, 5.74) is 1.68. The molecular weight excluding hydrogens is 390 g/mol. The van der Waals surface area contributed by atoms with E-state index in [0.717, 1.165) is 26.4 Å². The number of hydrogen-bond donors (Lipinski definition) is 1. The normalized spacial score (nSPS) is 12.2. The minimum absolute atomic E-state index is 0.175. The molecule has 7 nitrogen and oxygen atoms in total. The summed E-state index contributed by atoms with van der Waals surface area (Å²) >= 11 is 8.79. The van der Waals surface area contributed by atoms with Crippen LogP contribution in [0.25, 0.3) is 16.2 Å². The molecule has 0 bridgehead atoms. The van der Waals surface area contributed by atoms with Crippen molar-refractivity contribution in [2.75, 3.05) is 5.84 Å². The van der Waals surface area contributed by atoms with E-state index < -0.39 is 0 Å². The fraction of sp³-hybridized carbons (Fsp3) is 0.250. The van der Waals surface area contributed by atoms with E-state index >= 15 is 0 Å². The summed E-state index contributed by atoms with van der Waals surface area (Å²) in [5.74, 6) is 6.86. The zero-order valence-corrected chi connectivity index (χ0v) is 16.7. The van der Waals surface area contributed by atoms with Gasteiger partial charge in [-0.1, -0.05) is 55.8 Å². The van der Waals surface area contributed by atoms with Gasteiger partial charge in [0.25, 0.3) is 0 Å². The van der Waals surface area contributed by atoms with Crippen LogP contribution in [0, 0.1) is 0 Å². The number of hydrogen-bond acceptors (Lipinski definition) is 7. The van der Waals surface area contributed by atoms with Gasteiger partial charge < -0.3 is 5.84 Å². The molecule has 0 saturated heterocycles. The van der Waals surface area contributed by atoms with E-state index in [1.54, 1.807) is 4.52 Å². The Hall–Kier alpha value is -2.10. The maximum absolute atomic E-state index is 6.13. The number of aromatic nitrogens is 6. The SMILES string of the molecule is CC(C)(C)c1nnc(Sc2nn3cc(-c4ccc(Cl)cc4)nc3s2)n1N. The lowest BCUT2D eigenvalue weighted by atomic mass is 9.96. The number of benzene rings is 1. The average Bonchev–Trinajstić information content (AvgIpc) is 3.21. The summed E-state index contributed by atoms with van der Waals surface area (Å²) in [6, 6.07) is 7.57. The van der Waals surface area contributed by atoms with Crippen LogP contribution in [-0.2, 0) is 5.41 Å². The molecule has 0 radical (unpaired) electrons. The molecule has 26 heavy (non-hydrogen) atoms. The average molecular weight is 406 g/mol. The van der Waals surface area contributed by atoms with Crippen molar-refractivity contribution in [2.24, 2.45) is 0 Å². The topological polar surface area (TPSA) is 86.9 Å². The van der Waals surface area contributed by atoms with Crippen molar-refractivity contribution in [1.82, 2.24) is 29.5 Å². The van der Waals surface area contributed by atoms with Gasteiger partial charge >= 0.3 is 0 Å². The number of fused-ring (bicyclic) bond motifs is 1. The van der Waals surface area contributed by atoms with Crippen molar-refractivity contribution in [3.63, 3.8) is 0 Å². The maximum Gasteiger partial charge on any atom is 0.216 e. The van der Waals surface area contributed by atoms with Gasteiger partial charge in [-0.3, -0.25) is 0 Å². The van der Waals surface area contributed by atoms with Gasteiger partial charge in [-0.15, -0.1) is 15.3 Å². The van der Waals surface area contributed by atoms with Gasteiger partial charge in [0.05, 0.1) is 11.9 Å². The molecule has 3 heterocycles. The van der Waals surface area contributed by atoms with Gasteiger partial charge in [0.15, 0.2) is 10.2 Å². The highest BCUT2D eigenvalue weighted by atomic mass is 35.5. The van der Waals surface area contributed by atoms with Crippen LogP contribution >= 0.6 is 34.7 Å². The molecule has 0 saturated carbocycles. The summed E-state index contributed by atoms with van der Waals surface area (Å²) in [7, 11) is 0. The van der Waals surface area contributed by atoms with Gasteiger partial charge in [-0.25, -0.2) is 14.2 Å². The van der Waals surface area contributed by atoms with Crippen LogP contribution in [0.15, 0.2) is 40.0 Å². The highest BCUT2D eigenvalue weighted by molar-refractivity contribution is 8.01. The molecular formula is C16H16ClN7S2. The molecule has 4 aromatic rings. The number of nitrogens with zero attached hydrogens (tertiary/aromatic N) is 6. The molecule has 0 fully saturated rings. The number of halogens is 1. The predicted octanol–water partition coefficient (Wildman–Crippen LogP) is 3.87. The molecule has 2 N–H and O–H groups in total. The first kappa shape index (κ1) is 17.3. The smallest absolute Gasteiger partial charge is 0.216 e. The van der Waals surface area contributed by atoms with Crippen LogP contribution in [0.3, 0.4) is 0 Å². The Labute approximate surface area is 163 Å². The fourth-order valence-electron chi connectivity index (χ4n) is 2.42. The number of imidazole rings is 1. The summed E-state index contributed by atoms with van der Waals surface area (Å²) < 4.78 is 4.09. The quantitative estimate of drug-likeness (QED) is 0.520. The van der Waals surface area contributed by atoms with Gasteiger partial charge in [0, 0.05) is 16.0 Å². The second-order valence-electron chi connectivity index (χ2n) is 6.76. The molecule has 1 aromatic carbocycles. The molecule has 0 spiro atoms. The molecule has 0 aliphatic rings. The van der Waals surface area contributed by atoms with Crippen molar-refractivity contribution in [2.45, 2.75) is 35.7 Å². The summed E-state index contributed by atoms with van der Waals surface area (Å²) in [6.45, 7) is 6.14. The Kier molecular flexibility index (Phi) is 4.17. The zero-order valence-electron chi connectivity index (χ0n) is 14.3. The third-order valence-electron chi connectivity index (χ3n) is 3.68. The highest BCUT2D eigenvalue weighted by Crippen LogP contribution is 2.32. The van der Waals surface area contributed by atoms with Crippen LogP contribution in [0.2, 0.25) is 5.02 Å². The molecule has 10 heteroatoms. The van der Waals surface area contributed by atoms with Crippen molar-refractivity contribution < 1.29 is 0 Å². The van der Waals surface area contributed by atoms with Crippen molar-refractivity contribution in [1.29, 1.82) is 0 Å². The van der Waals surface area contributed by atoms with E-state index in [9.17, 15) is 0 Å². The summed E-state index contributed by atoms with van der Waals surface area (Å²) in [5, 5.41) is 14.2. The number of nitrogen functional groups attached to an aromatic ring is 1. The van der Waals surface area contributed by atoms with Gasteiger partial charge in [-0.2, -0.15) is 0 Å². The Morgan fingerprint density at radius 3 is 2.50 bits per heavy atom. The number of rotatable bonds is 3. The third kappa shape index (κ3) is 3.17. The summed E-state index contributed by atoms with van der Waals surface area (Å²) in [6.07, 6.45) is 1.90. The van der Waals surface area contributed by atoms with Crippen LogP contribution in [0.4, 0.5) is 0 Å². The second-order valence-corrected chi connectivity index (χ2v) is 9.36. The van der Waals surface area contributed by atoms with Crippen LogP contribution < -0.4 is 5.84 Å². The summed E-state index contributed by atoms with van der Waals surface area (Å²) in [4.78, 5) is 5.43. The minimum Gasteiger partial charge on any atom is -0.336 e. The van der Waals surface area contributed by atoms with Gasteiger partial charge in [-0.05, 0) is 23.9 Å². The van der Waals surface area contributed by atoms with Crippen LogP contribution in [-0.4, -0.2) is 29.5 Å². The fourth-order valence-corrected chi connectivity index (χ4v) is 4.33. The van der Waals surface area contributed by atoms with Crippen molar-refractivity contribution >= 4 is 39.7 Å². The molecule has 4 rings (SSSR count). The van der Waals surface area contributed by atoms with Gasteiger partial charge in [0.1, 0.15) is 0 Å². The molecule has 0 atom stereocenters. The largest absolute Gasteiger partial charge is 0.336 e. The second kappa shape index (κ2) is 6.26. The molecule has 3 aromatic heterocycles. The number of nitrogens with two attached hydrogens (primary N) is 1. The van der Waals surface area contributed by atoms with E-state index in [2.05, 4.69) is 20.3 Å². The molecule has 0 amide bonds. The lowest BCUT2D eigenvalue weighted by Crippen LogP contribution is -2.24. The maximum atomic E-state index is 6.13. The standard InChI is InChI=1S/C16H16ClN7S2/c1-16(2,3)12-20-21-14(24(12)18)26-15-22-23-8-11(19-13(23)25-15)9-4-6-10(17)7-5-9/h4-8H,18H2,1-3H3. The Morgan fingerprint density at radius 1 is 1.15 bits per heavy atom. The zero-order chi connectivity index (χ0) is 18.5. The Bertz CT molecular complexity index is 1040. The van der Waals surface area contributed by atoms with E-state index in [1.165, 1.54) is 27.8 Å². The predicted molar refractivity (Wildman–Crippen MR) is 104 cm³/mol. The van der Waals surface area contributed by atoms with E-state index in [-0.39, 0.29) is 5.41 Å². The first-order valence-electron chi connectivity index (χ1n) is 7.82. The minimum atomic E-state index is -0.175. The first-order chi connectivity index (χ1) is 12.3. The lowest BCUT2D eigenvalue weighted by Gasteiger charge is -2.16. The van der Waals surface area contributed by atoms with Crippen LogP contribution in [0.5, 0.6) is 0 Å². The third-order valence-corrected chi connectivity index (χ3v) is 5.86. The molecule has 0 aliphatic heterocycles. The highest BCUT2D eigenvalue weighted by Gasteiger charge is 2.24. The first-order valence-corrected chi connectivity index (χ1v) is 9.83. The van der Waals surface area contributed by atoms with Crippen LogP contribution in [0.1, 0.15) is 26.6 Å². The monoisotopic (exact) mass is 405 g/mol. The van der Waals surface area contributed by atoms with E-state index in [4.69, 9.17) is 17.4 Å². The Balaban J connectivity index is 1.60. The molecule has 0 aliphatic carbocycles. The van der Waals surface area contributed by atoms with Crippen molar-refractivity contribution in [3.8, 4) is 11.3 Å².